The molecule has 0 saturated heterocycles. The van der Waals surface area contributed by atoms with Crippen LogP contribution in [0.5, 0.6) is 17.2 Å². The van der Waals surface area contributed by atoms with Crippen molar-refractivity contribution in [3.63, 3.8) is 0 Å². The third-order valence-corrected chi connectivity index (χ3v) is 3.76. The highest BCUT2D eigenvalue weighted by Gasteiger charge is 2.27. The number of Topliss-reactive ketones (excluding diaryl/α,β-unsaturated/α-hetero) is 1. The zero-order valence-electron chi connectivity index (χ0n) is 15.4. The summed E-state index contributed by atoms with van der Waals surface area (Å²) in [6, 6.07) is 12.1. The Balaban J connectivity index is 1.73. The van der Waals surface area contributed by atoms with E-state index in [4.69, 9.17) is 18.9 Å². The number of hydrogen-bond donors (Lipinski definition) is 0. The van der Waals surface area contributed by atoms with E-state index in [2.05, 4.69) is 0 Å². The number of esters is 1. The summed E-state index contributed by atoms with van der Waals surface area (Å²) in [6.45, 7) is 3.32. The van der Waals surface area contributed by atoms with Crippen molar-refractivity contribution in [1.82, 2.24) is 0 Å². The van der Waals surface area contributed by atoms with E-state index in [0.29, 0.717) is 22.8 Å². The monoisotopic (exact) mass is 368 g/mol. The molecule has 0 spiro atoms. The van der Waals surface area contributed by atoms with Crippen molar-refractivity contribution in [2.45, 2.75) is 20.0 Å². The van der Waals surface area contributed by atoms with Gasteiger partial charge in [0.1, 0.15) is 17.2 Å². The highest BCUT2D eigenvalue weighted by Crippen LogP contribution is 2.35. The fraction of sp³-hybridized carbons (Fsp3) is 0.238. The summed E-state index contributed by atoms with van der Waals surface area (Å²) in [5.41, 5.74) is 1.24. The lowest BCUT2D eigenvalue weighted by Gasteiger charge is -2.09. The number of ketones is 1. The second-order valence-corrected chi connectivity index (χ2v) is 6.20. The Morgan fingerprint density at radius 3 is 2.70 bits per heavy atom. The molecule has 0 aliphatic carbocycles. The van der Waals surface area contributed by atoms with Crippen molar-refractivity contribution in [3.05, 3.63) is 59.4 Å². The van der Waals surface area contributed by atoms with E-state index in [-0.39, 0.29) is 24.3 Å². The quantitative estimate of drug-likeness (QED) is 0.573. The number of methoxy groups -OCH3 is 1. The summed E-state index contributed by atoms with van der Waals surface area (Å²) in [7, 11) is 1.58. The first-order chi connectivity index (χ1) is 13.0. The molecule has 0 amide bonds. The Hall–Kier alpha value is -3.28. The second kappa shape index (κ2) is 7.95. The lowest BCUT2D eigenvalue weighted by molar-refractivity contribution is -0.149. The number of hydrogen-bond acceptors (Lipinski definition) is 6. The normalized spacial score (nSPS) is 14.1. The van der Waals surface area contributed by atoms with Gasteiger partial charge in [0, 0.05) is 6.07 Å². The van der Waals surface area contributed by atoms with Crippen LogP contribution in [0.1, 0.15) is 29.8 Å². The van der Waals surface area contributed by atoms with Crippen LogP contribution in [0, 0.1) is 0 Å². The van der Waals surface area contributed by atoms with Gasteiger partial charge in [-0.05, 0) is 49.8 Å². The van der Waals surface area contributed by atoms with E-state index in [1.165, 1.54) is 0 Å². The van der Waals surface area contributed by atoms with Crippen molar-refractivity contribution in [2.75, 3.05) is 13.7 Å². The Morgan fingerprint density at radius 2 is 1.96 bits per heavy atom. The Bertz CT molecular complexity index is 897. The van der Waals surface area contributed by atoms with Crippen molar-refractivity contribution in [2.24, 2.45) is 0 Å². The lowest BCUT2D eigenvalue weighted by atomic mass is 10.1. The molecule has 6 heteroatoms. The number of allylic oxidation sites excluding steroid dienone is 1. The van der Waals surface area contributed by atoms with Crippen LogP contribution in [0.15, 0.2) is 48.2 Å². The largest absolute Gasteiger partial charge is 0.497 e. The van der Waals surface area contributed by atoms with E-state index < -0.39 is 5.97 Å². The smallest absolute Gasteiger partial charge is 0.344 e. The number of fused-ring (bicyclic) bond motifs is 1. The van der Waals surface area contributed by atoms with Crippen LogP contribution in [-0.2, 0) is 9.53 Å². The molecule has 0 bridgehead atoms. The van der Waals surface area contributed by atoms with Crippen LogP contribution in [0.4, 0.5) is 0 Å². The molecule has 2 aromatic carbocycles. The first-order valence-corrected chi connectivity index (χ1v) is 8.51. The minimum Gasteiger partial charge on any atom is -0.497 e. The Morgan fingerprint density at radius 1 is 1.15 bits per heavy atom. The molecular weight excluding hydrogens is 348 g/mol. The lowest BCUT2D eigenvalue weighted by Crippen LogP contribution is -2.18. The third-order valence-electron chi connectivity index (χ3n) is 3.76. The molecule has 0 N–H and O–H groups in total. The average Bonchev–Trinajstić information content (AvgIpc) is 2.94. The van der Waals surface area contributed by atoms with E-state index in [0.717, 1.165) is 5.56 Å². The minimum atomic E-state index is -0.457. The first kappa shape index (κ1) is 18.5. The summed E-state index contributed by atoms with van der Waals surface area (Å²) in [4.78, 5) is 24.1. The zero-order chi connectivity index (χ0) is 19.4. The maximum Gasteiger partial charge on any atom is 0.344 e. The maximum absolute atomic E-state index is 12.5. The number of carbonyl (C=O) groups is 2. The van der Waals surface area contributed by atoms with Gasteiger partial charge in [-0.3, -0.25) is 4.79 Å². The molecule has 0 unspecified atom stereocenters. The average molecular weight is 368 g/mol. The van der Waals surface area contributed by atoms with E-state index in [1.807, 2.05) is 24.3 Å². The van der Waals surface area contributed by atoms with Crippen LogP contribution in [0.3, 0.4) is 0 Å². The van der Waals surface area contributed by atoms with Gasteiger partial charge in [-0.2, -0.15) is 0 Å². The molecule has 0 atom stereocenters. The highest BCUT2D eigenvalue weighted by molar-refractivity contribution is 6.14. The van der Waals surface area contributed by atoms with Gasteiger partial charge in [0.15, 0.2) is 12.4 Å². The Labute approximate surface area is 157 Å². The SMILES string of the molecule is COc1cccc(/C=C2/Oc3cc(OCC(=O)OC(C)C)ccc3C2=O)c1. The van der Waals surface area contributed by atoms with E-state index in [9.17, 15) is 9.59 Å². The van der Waals surface area contributed by atoms with Crippen molar-refractivity contribution in [3.8, 4) is 17.2 Å². The Kier molecular flexibility index (Phi) is 5.45. The molecule has 0 fully saturated rings. The van der Waals surface area contributed by atoms with Gasteiger partial charge >= 0.3 is 5.97 Å². The van der Waals surface area contributed by atoms with Crippen molar-refractivity contribution < 1.29 is 28.5 Å². The van der Waals surface area contributed by atoms with Gasteiger partial charge in [-0.1, -0.05) is 12.1 Å². The molecule has 0 saturated carbocycles. The molecule has 1 aliphatic heterocycles. The van der Waals surface area contributed by atoms with Gasteiger partial charge in [-0.15, -0.1) is 0 Å². The molecule has 2 aromatic rings. The summed E-state index contributed by atoms with van der Waals surface area (Å²) >= 11 is 0. The molecule has 1 heterocycles. The molecule has 0 radical (unpaired) electrons. The van der Waals surface area contributed by atoms with Crippen LogP contribution in [-0.4, -0.2) is 31.6 Å². The number of rotatable bonds is 6. The van der Waals surface area contributed by atoms with Crippen LogP contribution < -0.4 is 14.2 Å². The number of ether oxygens (including phenoxy) is 4. The van der Waals surface area contributed by atoms with Crippen LogP contribution >= 0.6 is 0 Å². The molecule has 140 valence electrons. The molecule has 27 heavy (non-hydrogen) atoms. The zero-order valence-corrected chi connectivity index (χ0v) is 15.4. The first-order valence-electron chi connectivity index (χ1n) is 8.51. The van der Waals surface area contributed by atoms with E-state index >= 15 is 0 Å². The van der Waals surface area contributed by atoms with Crippen molar-refractivity contribution >= 4 is 17.8 Å². The predicted molar refractivity (Wildman–Crippen MR) is 99.1 cm³/mol. The minimum absolute atomic E-state index is 0.202. The third kappa shape index (κ3) is 4.47. The van der Waals surface area contributed by atoms with Gasteiger partial charge < -0.3 is 18.9 Å². The van der Waals surface area contributed by atoms with Crippen LogP contribution in [0.2, 0.25) is 0 Å². The van der Waals surface area contributed by atoms with Crippen molar-refractivity contribution in [1.29, 1.82) is 0 Å². The summed E-state index contributed by atoms with van der Waals surface area (Å²) in [6.07, 6.45) is 1.46. The number of carbonyl (C=O) groups excluding carboxylic acids is 2. The summed E-state index contributed by atoms with van der Waals surface area (Å²) < 4.78 is 21.3. The van der Waals surface area contributed by atoms with Gasteiger partial charge in [0.2, 0.25) is 5.78 Å². The fourth-order valence-electron chi connectivity index (χ4n) is 2.58. The van der Waals surface area contributed by atoms with Gasteiger partial charge in [-0.25, -0.2) is 4.79 Å². The maximum atomic E-state index is 12.5. The molecule has 0 aromatic heterocycles. The highest BCUT2D eigenvalue weighted by atomic mass is 16.6. The van der Waals surface area contributed by atoms with Gasteiger partial charge in [0.05, 0.1) is 18.8 Å². The standard InChI is InChI=1S/C21H20O6/c1-13(2)26-20(22)12-25-16-7-8-17-18(11-16)27-19(21(17)23)10-14-5-4-6-15(9-14)24-3/h4-11,13H,12H2,1-3H3/b19-10+. The predicted octanol–water partition coefficient (Wildman–Crippen LogP) is 3.64. The second-order valence-electron chi connectivity index (χ2n) is 6.20. The fourth-order valence-corrected chi connectivity index (χ4v) is 2.58. The topological polar surface area (TPSA) is 71.1 Å². The molecule has 6 nitrogen and oxygen atoms in total. The summed E-state index contributed by atoms with van der Waals surface area (Å²) in [5.74, 6) is 1.05. The van der Waals surface area contributed by atoms with Crippen LogP contribution in [0.25, 0.3) is 6.08 Å². The van der Waals surface area contributed by atoms with Gasteiger partial charge in [0.25, 0.3) is 0 Å². The molecular formula is C21H20O6. The summed E-state index contributed by atoms with van der Waals surface area (Å²) in [5, 5.41) is 0. The molecule has 1 aliphatic rings. The molecule has 3 rings (SSSR count). The van der Waals surface area contributed by atoms with E-state index in [1.54, 1.807) is 45.2 Å². The number of benzene rings is 2.